The quantitative estimate of drug-likeness (QED) is 0.619. The second kappa shape index (κ2) is 11.4. The van der Waals surface area contributed by atoms with Gasteiger partial charge in [-0.25, -0.2) is 4.79 Å². The van der Waals surface area contributed by atoms with E-state index in [0.29, 0.717) is 19.7 Å². The fraction of sp³-hybridized carbons (Fsp3) is 0.375. The third kappa shape index (κ3) is 6.47. The largest absolute Gasteiger partial charge is 0.497 e. The first kappa shape index (κ1) is 22.7. The molecule has 1 N–H and O–H groups in total. The van der Waals surface area contributed by atoms with Crippen molar-refractivity contribution in [2.24, 2.45) is 0 Å². The summed E-state index contributed by atoms with van der Waals surface area (Å²) >= 11 is 0. The molecule has 1 aliphatic heterocycles. The smallest absolute Gasteiger partial charge is 0.321 e. The Morgan fingerprint density at radius 3 is 2.42 bits per heavy atom. The van der Waals surface area contributed by atoms with Crippen LogP contribution in [0.25, 0.3) is 0 Å². The first-order valence-electron chi connectivity index (χ1n) is 10.4. The Balaban J connectivity index is 1.54. The van der Waals surface area contributed by atoms with Crippen molar-refractivity contribution >= 4 is 11.7 Å². The number of hydrogen-bond acceptors (Lipinski definition) is 5. The van der Waals surface area contributed by atoms with Crippen molar-refractivity contribution in [1.82, 2.24) is 9.80 Å². The minimum absolute atomic E-state index is 0.0860. The Labute approximate surface area is 184 Å². The molecular formula is C24H31N3O4. The standard InChI is InChI=1S/C24H31N3O4/c1-4-16-31-23(19-6-5-7-22(17-19)30-3)18-26-12-14-27(15-13-26)24(28)25-20-8-10-21(29-2)11-9-20/h4-11,17,23H,1,12-16,18H2,2-3H3,(H,25,28)/t23-/m1/s1. The summed E-state index contributed by atoms with van der Waals surface area (Å²) < 4.78 is 16.5. The van der Waals surface area contributed by atoms with Crippen LogP contribution < -0.4 is 14.8 Å². The van der Waals surface area contributed by atoms with Crippen LogP contribution >= 0.6 is 0 Å². The maximum absolute atomic E-state index is 12.6. The summed E-state index contributed by atoms with van der Waals surface area (Å²) in [5.41, 5.74) is 1.82. The highest BCUT2D eigenvalue weighted by Crippen LogP contribution is 2.24. The SMILES string of the molecule is C=CCO[C@H](CN1CCN(C(=O)Nc2ccc(OC)cc2)CC1)c1cccc(OC)c1. The molecule has 166 valence electrons. The van der Waals surface area contributed by atoms with Crippen LogP contribution in [0.5, 0.6) is 11.5 Å². The van der Waals surface area contributed by atoms with E-state index in [1.807, 2.05) is 47.4 Å². The van der Waals surface area contributed by atoms with Crippen LogP contribution in [0.2, 0.25) is 0 Å². The molecule has 7 nitrogen and oxygen atoms in total. The van der Waals surface area contributed by atoms with Gasteiger partial charge in [0.15, 0.2) is 0 Å². The van der Waals surface area contributed by atoms with Crippen LogP contribution in [0.1, 0.15) is 11.7 Å². The lowest BCUT2D eigenvalue weighted by Gasteiger charge is -2.36. The lowest BCUT2D eigenvalue weighted by molar-refractivity contribution is 0.0301. The van der Waals surface area contributed by atoms with Crippen molar-refractivity contribution in [3.8, 4) is 11.5 Å². The summed E-state index contributed by atoms with van der Waals surface area (Å²) in [7, 11) is 3.28. The second-order valence-electron chi connectivity index (χ2n) is 7.33. The average Bonchev–Trinajstić information content (AvgIpc) is 2.82. The fourth-order valence-electron chi connectivity index (χ4n) is 3.53. The minimum atomic E-state index is -0.0900. The molecule has 2 aromatic rings. The zero-order valence-electron chi connectivity index (χ0n) is 18.3. The van der Waals surface area contributed by atoms with Gasteiger partial charge in [0.05, 0.1) is 26.9 Å². The maximum atomic E-state index is 12.6. The van der Waals surface area contributed by atoms with Gasteiger partial charge in [-0.1, -0.05) is 18.2 Å². The van der Waals surface area contributed by atoms with Crippen molar-refractivity contribution in [3.63, 3.8) is 0 Å². The van der Waals surface area contributed by atoms with E-state index in [9.17, 15) is 4.79 Å². The number of amides is 2. The van der Waals surface area contributed by atoms with Crippen LogP contribution in [0, 0.1) is 0 Å². The lowest BCUT2D eigenvalue weighted by atomic mass is 10.1. The first-order chi connectivity index (χ1) is 15.1. The van der Waals surface area contributed by atoms with Crippen LogP contribution in [0.15, 0.2) is 61.2 Å². The number of carbonyl (C=O) groups is 1. The van der Waals surface area contributed by atoms with Gasteiger partial charge in [-0.05, 0) is 42.0 Å². The minimum Gasteiger partial charge on any atom is -0.497 e. The number of piperazine rings is 1. The summed E-state index contributed by atoms with van der Waals surface area (Å²) in [5.74, 6) is 1.57. The van der Waals surface area contributed by atoms with E-state index >= 15 is 0 Å². The van der Waals surface area contributed by atoms with Crippen LogP contribution in [-0.2, 0) is 4.74 Å². The molecule has 7 heteroatoms. The highest BCUT2D eigenvalue weighted by atomic mass is 16.5. The lowest BCUT2D eigenvalue weighted by Crippen LogP contribution is -2.50. The van der Waals surface area contributed by atoms with Gasteiger partial charge in [-0.3, -0.25) is 4.90 Å². The van der Waals surface area contributed by atoms with E-state index < -0.39 is 0 Å². The van der Waals surface area contributed by atoms with E-state index in [2.05, 4.69) is 22.9 Å². The molecule has 0 bridgehead atoms. The number of anilines is 1. The Kier molecular flexibility index (Phi) is 8.32. The molecule has 0 spiro atoms. The van der Waals surface area contributed by atoms with Crippen molar-refractivity contribution in [2.45, 2.75) is 6.10 Å². The van der Waals surface area contributed by atoms with Crippen molar-refractivity contribution in [3.05, 3.63) is 66.7 Å². The fourth-order valence-corrected chi connectivity index (χ4v) is 3.53. The molecule has 0 saturated carbocycles. The third-order valence-electron chi connectivity index (χ3n) is 5.31. The monoisotopic (exact) mass is 425 g/mol. The molecule has 1 atom stereocenters. The van der Waals surface area contributed by atoms with E-state index in [1.54, 1.807) is 20.3 Å². The highest BCUT2D eigenvalue weighted by molar-refractivity contribution is 5.89. The molecule has 1 heterocycles. The normalized spacial score (nSPS) is 15.2. The summed E-state index contributed by atoms with van der Waals surface area (Å²) in [6.07, 6.45) is 1.67. The van der Waals surface area contributed by atoms with Crippen molar-refractivity contribution in [1.29, 1.82) is 0 Å². The van der Waals surface area contributed by atoms with Gasteiger partial charge < -0.3 is 24.4 Å². The summed E-state index contributed by atoms with van der Waals surface area (Å²) in [6.45, 7) is 7.88. The van der Waals surface area contributed by atoms with Gasteiger partial charge in [0.25, 0.3) is 0 Å². The van der Waals surface area contributed by atoms with E-state index in [1.165, 1.54) is 0 Å². The predicted octanol–water partition coefficient (Wildman–Crippen LogP) is 3.80. The van der Waals surface area contributed by atoms with Crippen LogP contribution in [-0.4, -0.2) is 69.4 Å². The molecular weight excluding hydrogens is 394 g/mol. The number of nitrogens with one attached hydrogen (secondary N) is 1. The topological polar surface area (TPSA) is 63.3 Å². The molecule has 0 aromatic heterocycles. The molecule has 0 unspecified atom stereocenters. The summed E-state index contributed by atoms with van der Waals surface area (Å²) in [4.78, 5) is 16.8. The number of ether oxygens (including phenoxy) is 3. The van der Waals surface area contributed by atoms with Crippen molar-refractivity contribution < 1.29 is 19.0 Å². The maximum Gasteiger partial charge on any atom is 0.321 e. The number of urea groups is 1. The Morgan fingerprint density at radius 1 is 1.06 bits per heavy atom. The molecule has 0 radical (unpaired) electrons. The highest BCUT2D eigenvalue weighted by Gasteiger charge is 2.24. The predicted molar refractivity (Wildman–Crippen MR) is 122 cm³/mol. The van der Waals surface area contributed by atoms with Gasteiger partial charge in [0.2, 0.25) is 0 Å². The second-order valence-corrected chi connectivity index (χ2v) is 7.33. The van der Waals surface area contributed by atoms with Gasteiger partial charge in [-0.15, -0.1) is 6.58 Å². The Hall–Kier alpha value is -3.03. The molecule has 2 aromatic carbocycles. The molecule has 1 saturated heterocycles. The van der Waals surface area contributed by atoms with E-state index in [4.69, 9.17) is 14.2 Å². The molecule has 2 amide bonds. The van der Waals surface area contributed by atoms with Crippen LogP contribution in [0.3, 0.4) is 0 Å². The summed E-state index contributed by atoms with van der Waals surface area (Å²) in [5, 5.41) is 2.95. The van der Waals surface area contributed by atoms with Gasteiger partial charge in [-0.2, -0.15) is 0 Å². The number of hydrogen-bond donors (Lipinski definition) is 1. The van der Waals surface area contributed by atoms with E-state index in [0.717, 1.165) is 42.4 Å². The number of benzene rings is 2. The third-order valence-corrected chi connectivity index (χ3v) is 5.31. The first-order valence-corrected chi connectivity index (χ1v) is 10.4. The van der Waals surface area contributed by atoms with Gasteiger partial charge >= 0.3 is 6.03 Å². The molecule has 0 aliphatic carbocycles. The number of methoxy groups -OCH3 is 2. The van der Waals surface area contributed by atoms with Gasteiger partial charge in [0.1, 0.15) is 11.5 Å². The van der Waals surface area contributed by atoms with Crippen LogP contribution in [0.4, 0.5) is 10.5 Å². The number of nitrogens with zero attached hydrogens (tertiary/aromatic N) is 2. The molecule has 3 rings (SSSR count). The number of carbonyl (C=O) groups excluding carboxylic acids is 1. The van der Waals surface area contributed by atoms with Crippen molar-refractivity contribution in [2.75, 3.05) is 58.9 Å². The number of rotatable bonds is 9. The Morgan fingerprint density at radius 2 is 1.77 bits per heavy atom. The molecule has 31 heavy (non-hydrogen) atoms. The zero-order valence-corrected chi connectivity index (χ0v) is 18.3. The average molecular weight is 426 g/mol. The van der Waals surface area contributed by atoms with E-state index in [-0.39, 0.29) is 12.1 Å². The zero-order chi connectivity index (χ0) is 22.1. The summed E-state index contributed by atoms with van der Waals surface area (Å²) in [6, 6.07) is 15.2. The van der Waals surface area contributed by atoms with Gasteiger partial charge in [0, 0.05) is 38.4 Å². The molecule has 1 aliphatic rings. The molecule has 1 fully saturated rings. The Bertz CT molecular complexity index is 848.